The molecule has 2 aromatic rings. The highest BCUT2D eigenvalue weighted by Gasteiger charge is 2.30. The number of anilines is 1. The number of nitrogens with zero attached hydrogens (tertiary/aromatic N) is 1. The van der Waals surface area contributed by atoms with E-state index in [1.54, 1.807) is 13.8 Å². The lowest BCUT2D eigenvalue weighted by Crippen LogP contribution is -2.46. The molecule has 2 amide bonds. The van der Waals surface area contributed by atoms with Gasteiger partial charge in [-0.05, 0) is 50.1 Å². The van der Waals surface area contributed by atoms with Crippen molar-refractivity contribution in [3.63, 3.8) is 0 Å². The lowest BCUT2D eigenvalue weighted by atomic mass is 10.1. The Kier molecular flexibility index (Phi) is 6.73. The first-order valence-corrected chi connectivity index (χ1v) is 8.91. The number of benzene rings is 1. The number of aryl methyl sites for hydroxylation is 1. The maximum absolute atomic E-state index is 13.4. The normalized spacial score (nSPS) is 11.7. The maximum Gasteiger partial charge on any atom is 0.328 e. The third-order valence-corrected chi connectivity index (χ3v) is 4.78. The molecule has 4 N–H and O–H groups in total. The third-order valence-electron chi connectivity index (χ3n) is 4.78. The molecule has 0 fully saturated rings. The molecular formula is C20H22FN3O6. The molecule has 1 aromatic carbocycles. The van der Waals surface area contributed by atoms with E-state index >= 15 is 0 Å². The summed E-state index contributed by atoms with van der Waals surface area (Å²) in [7, 11) is 1.49. The Hall–Kier alpha value is -3.53. The number of rotatable bonds is 7. The minimum atomic E-state index is -1.63. The molecule has 1 aromatic heterocycles. The topological polar surface area (TPSA) is 138 Å². The van der Waals surface area contributed by atoms with E-state index in [0.717, 1.165) is 0 Å². The van der Waals surface area contributed by atoms with Crippen LogP contribution in [-0.4, -0.2) is 51.0 Å². The van der Waals surface area contributed by atoms with Crippen LogP contribution in [0.2, 0.25) is 0 Å². The molecule has 0 saturated heterocycles. The Morgan fingerprint density at radius 3 is 2.33 bits per heavy atom. The number of nitrogens with one attached hydrogen (secondary N) is 2. The van der Waals surface area contributed by atoms with Gasteiger partial charge in [0.25, 0.3) is 17.6 Å². The van der Waals surface area contributed by atoms with Crippen LogP contribution < -0.4 is 10.6 Å². The minimum Gasteiger partial charge on any atom is -0.480 e. The summed E-state index contributed by atoms with van der Waals surface area (Å²) in [5.41, 5.74) is 1.40. The molecule has 0 aliphatic heterocycles. The number of carbonyl (C=O) groups is 4. The predicted molar refractivity (Wildman–Crippen MR) is 105 cm³/mol. The van der Waals surface area contributed by atoms with Crippen LogP contribution in [0.5, 0.6) is 0 Å². The van der Waals surface area contributed by atoms with E-state index in [1.165, 1.54) is 36.7 Å². The number of ketones is 1. The molecule has 0 radical (unpaired) electrons. The van der Waals surface area contributed by atoms with E-state index in [2.05, 4.69) is 5.32 Å². The zero-order valence-electron chi connectivity index (χ0n) is 16.9. The van der Waals surface area contributed by atoms with Crippen molar-refractivity contribution in [2.45, 2.75) is 26.8 Å². The smallest absolute Gasteiger partial charge is 0.328 e. The molecule has 9 nitrogen and oxygen atoms in total. The Balaban J connectivity index is 2.34. The molecule has 2 rings (SSSR count). The van der Waals surface area contributed by atoms with Gasteiger partial charge in [-0.3, -0.25) is 14.4 Å². The lowest BCUT2D eigenvalue weighted by Gasteiger charge is -2.11. The first-order chi connectivity index (χ1) is 14.0. The molecule has 0 unspecified atom stereocenters. The average Bonchev–Trinajstić information content (AvgIpc) is 2.90. The van der Waals surface area contributed by atoms with Crippen molar-refractivity contribution < 1.29 is 33.8 Å². The monoisotopic (exact) mass is 419 g/mol. The van der Waals surface area contributed by atoms with Gasteiger partial charge in [-0.1, -0.05) is 0 Å². The molecule has 1 atom stereocenters. The van der Waals surface area contributed by atoms with Gasteiger partial charge in [-0.2, -0.15) is 0 Å². The quantitative estimate of drug-likeness (QED) is 0.392. The molecule has 160 valence electrons. The number of hydrogen-bond acceptors (Lipinski definition) is 5. The molecule has 0 aliphatic carbocycles. The minimum absolute atomic E-state index is 0.0903. The van der Waals surface area contributed by atoms with E-state index in [9.17, 15) is 23.6 Å². The fourth-order valence-electron chi connectivity index (χ4n) is 3.07. The fourth-order valence-corrected chi connectivity index (χ4v) is 3.07. The van der Waals surface area contributed by atoms with Crippen molar-refractivity contribution in [1.82, 2.24) is 9.88 Å². The molecular weight excluding hydrogens is 397 g/mol. The van der Waals surface area contributed by atoms with Crippen molar-refractivity contribution in [3.05, 3.63) is 52.1 Å². The van der Waals surface area contributed by atoms with Crippen molar-refractivity contribution in [3.8, 4) is 0 Å². The van der Waals surface area contributed by atoms with Crippen molar-refractivity contribution >= 4 is 29.3 Å². The number of carboxylic acid groups (broad SMARTS) is 1. The number of aromatic nitrogens is 1. The molecule has 0 bridgehead atoms. The largest absolute Gasteiger partial charge is 0.480 e. The summed E-state index contributed by atoms with van der Waals surface area (Å²) in [6, 6.07) is 2.44. The number of aliphatic hydroxyl groups excluding tert-OH is 1. The van der Waals surface area contributed by atoms with Gasteiger partial charge in [0.15, 0.2) is 6.04 Å². The van der Waals surface area contributed by atoms with Crippen LogP contribution in [0, 0.1) is 26.6 Å². The summed E-state index contributed by atoms with van der Waals surface area (Å²) < 4.78 is 14.8. The van der Waals surface area contributed by atoms with Gasteiger partial charge in [0.1, 0.15) is 5.82 Å². The number of Topliss-reactive ketones (excluding diaryl/α,β-unsaturated/α-hetero) is 1. The second-order valence-corrected chi connectivity index (χ2v) is 6.79. The molecule has 0 aliphatic rings. The maximum atomic E-state index is 13.4. The van der Waals surface area contributed by atoms with Crippen LogP contribution in [0.4, 0.5) is 10.1 Å². The standard InChI is InChI=1S/C20H22FN3O6/c1-9-7-12(5-6-13(9)21)22-18(27)15-10(2)16(24(4)11(15)3)17(26)19(28)23-14(8-25)20(29)30/h5-7,14,25H,8H2,1-4H3,(H,22,27)(H,23,28)(H,29,30)/t14-/m0/s1. The predicted octanol–water partition coefficient (Wildman–Crippen LogP) is 1.09. The zero-order chi connectivity index (χ0) is 22.7. The number of amides is 2. The lowest BCUT2D eigenvalue weighted by molar-refractivity contribution is -0.142. The van der Waals surface area contributed by atoms with Crippen molar-refractivity contribution in [1.29, 1.82) is 0 Å². The summed E-state index contributed by atoms with van der Waals surface area (Å²) >= 11 is 0. The highest BCUT2D eigenvalue weighted by molar-refractivity contribution is 6.43. The Morgan fingerprint density at radius 1 is 1.17 bits per heavy atom. The third kappa shape index (κ3) is 4.38. The second kappa shape index (κ2) is 8.87. The van der Waals surface area contributed by atoms with Gasteiger partial charge in [0.2, 0.25) is 0 Å². The molecule has 0 saturated carbocycles. The average molecular weight is 419 g/mol. The van der Waals surface area contributed by atoms with Crippen LogP contribution in [0.15, 0.2) is 18.2 Å². The van der Waals surface area contributed by atoms with Crippen LogP contribution in [-0.2, 0) is 16.6 Å². The Labute approximate surface area is 171 Å². The van der Waals surface area contributed by atoms with Gasteiger partial charge < -0.3 is 25.4 Å². The second-order valence-electron chi connectivity index (χ2n) is 6.79. The zero-order valence-corrected chi connectivity index (χ0v) is 16.9. The number of aliphatic hydroxyl groups is 1. The first kappa shape index (κ1) is 22.8. The molecule has 30 heavy (non-hydrogen) atoms. The SMILES string of the molecule is Cc1cc(NC(=O)c2c(C)c(C(=O)C(=O)N[C@@H](CO)C(=O)O)n(C)c2C)ccc1F. The number of hydrogen-bond donors (Lipinski definition) is 4. The van der Waals surface area contributed by atoms with E-state index in [1.807, 2.05) is 5.32 Å². The number of carbonyl (C=O) groups excluding carboxylic acids is 3. The summed E-state index contributed by atoms with van der Waals surface area (Å²) in [5, 5.41) is 22.5. The van der Waals surface area contributed by atoms with E-state index in [4.69, 9.17) is 10.2 Å². The summed E-state index contributed by atoms with van der Waals surface area (Å²) in [4.78, 5) is 48.5. The number of aliphatic carboxylic acids is 1. The molecule has 0 spiro atoms. The van der Waals surface area contributed by atoms with Crippen molar-refractivity contribution in [2.75, 3.05) is 11.9 Å². The van der Waals surface area contributed by atoms with Gasteiger partial charge in [0, 0.05) is 18.4 Å². The van der Waals surface area contributed by atoms with Crippen LogP contribution in [0.1, 0.15) is 37.7 Å². The molecule has 10 heteroatoms. The highest BCUT2D eigenvalue weighted by atomic mass is 19.1. The van der Waals surface area contributed by atoms with Gasteiger partial charge in [-0.25, -0.2) is 9.18 Å². The number of halogens is 1. The van der Waals surface area contributed by atoms with Gasteiger partial charge >= 0.3 is 5.97 Å². The summed E-state index contributed by atoms with van der Waals surface area (Å²) in [5.74, 6) is -4.73. The van der Waals surface area contributed by atoms with Gasteiger partial charge in [0.05, 0.1) is 17.9 Å². The van der Waals surface area contributed by atoms with Crippen molar-refractivity contribution in [2.24, 2.45) is 7.05 Å². The van der Waals surface area contributed by atoms with Crippen LogP contribution >= 0.6 is 0 Å². The molecule has 1 heterocycles. The Morgan fingerprint density at radius 2 is 1.80 bits per heavy atom. The van der Waals surface area contributed by atoms with Crippen LogP contribution in [0.25, 0.3) is 0 Å². The highest BCUT2D eigenvalue weighted by Crippen LogP contribution is 2.23. The summed E-state index contributed by atoms with van der Waals surface area (Å²) in [6.07, 6.45) is 0. The number of carboxylic acids is 1. The van der Waals surface area contributed by atoms with Crippen LogP contribution in [0.3, 0.4) is 0 Å². The Bertz CT molecular complexity index is 1040. The van der Waals surface area contributed by atoms with E-state index < -0.39 is 42.0 Å². The fraction of sp³-hybridized carbons (Fsp3) is 0.300. The van der Waals surface area contributed by atoms with E-state index in [0.29, 0.717) is 16.9 Å². The first-order valence-electron chi connectivity index (χ1n) is 8.91. The van der Waals surface area contributed by atoms with Gasteiger partial charge in [-0.15, -0.1) is 0 Å². The van der Waals surface area contributed by atoms with E-state index in [-0.39, 0.29) is 16.8 Å². The summed E-state index contributed by atoms with van der Waals surface area (Å²) in [6.45, 7) is 3.74.